The van der Waals surface area contributed by atoms with Gasteiger partial charge in [0.25, 0.3) is 11.1 Å². The number of anilines is 5. The van der Waals surface area contributed by atoms with Crippen molar-refractivity contribution >= 4 is 61.6 Å². The fraction of sp³-hybridized carbons (Fsp3) is 0.429. The summed E-state index contributed by atoms with van der Waals surface area (Å²) in [7, 11) is 2.87. The van der Waals surface area contributed by atoms with Crippen molar-refractivity contribution in [3.05, 3.63) is 104 Å². The summed E-state index contributed by atoms with van der Waals surface area (Å²) in [6, 6.07) is 17.2. The molecular weight excluding hydrogens is 903 g/mol. The van der Waals surface area contributed by atoms with Crippen molar-refractivity contribution < 1.29 is 13.0 Å². The number of nitriles is 2. The minimum Gasteiger partial charge on any atom is -0.396 e. The topological polar surface area (TPSA) is 211 Å². The lowest BCUT2D eigenvalue weighted by Crippen LogP contribution is -2.44. The molecule has 2 aliphatic carbocycles. The van der Waals surface area contributed by atoms with Crippen molar-refractivity contribution in [2.45, 2.75) is 68.6 Å². The van der Waals surface area contributed by atoms with Crippen LogP contribution in [-0.2, 0) is 10.8 Å². The van der Waals surface area contributed by atoms with Gasteiger partial charge in [0.1, 0.15) is 46.2 Å². The Balaban J connectivity index is 0.000000152. The first-order chi connectivity index (χ1) is 33.3. The third-order valence-electron chi connectivity index (χ3n) is 13.3. The zero-order valence-corrected chi connectivity index (χ0v) is 39.9. The van der Waals surface area contributed by atoms with Gasteiger partial charge in [0.2, 0.25) is 11.1 Å². The second-order valence-corrected chi connectivity index (χ2v) is 19.3. The quantitative estimate of drug-likeness (QED) is 0.137. The van der Waals surface area contributed by atoms with Crippen LogP contribution in [-0.4, -0.2) is 116 Å². The van der Waals surface area contributed by atoms with Gasteiger partial charge in [0.15, 0.2) is 0 Å². The molecule has 0 spiro atoms. The summed E-state index contributed by atoms with van der Waals surface area (Å²) in [4.78, 5) is 51.5. The molecule has 360 valence electrons. The molecule has 0 bridgehead atoms. The molecule has 20 heteroatoms. The minimum absolute atomic E-state index is 0.00987. The summed E-state index contributed by atoms with van der Waals surface area (Å²) in [5, 5.41) is 22.9. The number of fused-ring (bicyclic) bond motifs is 2. The molecule has 2 aromatic carbocycles. The highest BCUT2D eigenvalue weighted by Gasteiger charge is 2.25. The maximum atomic E-state index is 14.9. The van der Waals surface area contributed by atoms with E-state index in [2.05, 4.69) is 58.9 Å². The Morgan fingerprint density at radius 2 is 1.13 bits per heavy atom. The average Bonchev–Trinajstić information content (AvgIpc) is 4.10. The fourth-order valence-corrected chi connectivity index (χ4v) is 9.77. The van der Waals surface area contributed by atoms with Gasteiger partial charge >= 0.3 is 0 Å². The predicted molar refractivity (Wildman–Crippen MR) is 264 cm³/mol. The first-order valence-corrected chi connectivity index (χ1v) is 24.8. The zero-order chi connectivity index (χ0) is 48.8. The number of pyridine rings is 2. The van der Waals surface area contributed by atoms with Crippen LogP contribution in [0.4, 0.5) is 37.5 Å². The maximum Gasteiger partial charge on any atom is 0.270 e. The Morgan fingerprint density at radius 3 is 1.59 bits per heavy atom. The lowest BCUT2D eigenvalue weighted by atomic mass is 10.2. The number of halogens is 2. The lowest BCUT2D eigenvalue weighted by Gasteiger charge is -2.34. The number of nitrogens with zero attached hydrogens (tertiary/aromatic N) is 12. The molecule has 4 fully saturated rings. The molecule has 6 aromatic rings. The van der Waals surface area contributed by atoms with Crippen LogP contribution < -0.4 is 32.0 Å². The van der Waals surface area contributed by atoms with Crippen LogP contribution in [0.2, 0.25) is 0 Å². The molecule has 2 saturated carbocycles. The number of nitrogen functional groups attached to an aromatic ring is 1. The van der Waals surface area contributed by atoms with Crippen LogP contribution in [0.1, 0.15) is 74.6 Å². The van der Waals surface area contributed by atoms with E-state index in [0.717, 1.165) is 115 Å². The highest BCUT2D eigenvalue weighted by Crippen LogP contribution is 2.33. The normalized spacial score (nSPS) is 17.4. The van der Waals surface area contributed by atoms with Gasteiger partial charge in [-0.05, 0) is 88.3 Å². The standard InChI is InChI=1S/C24H26FN7O.C14H14N4O2S.C11H16FN3/c1-30-8-10-31(11-9-30)19-6-7-21(20(25)13-19)28-24-27-15-17-12-16(14-26)23(33)32(22(17)29-24)18-4-2-3-5-18;1-21(20)14-16-8-10-6-9(7-15)13(19)18(12(10)17-14)11-4-2-3-5-11;1-14-4-6-15(7-5-14)9-2-3-11(13)10(12)8-9/h6-7,12-13,15,18H,2-5,8-11H2,1H3,(H,27,28,29);6,8,11H,2-5H2,1H3;2-3,8H,4-7,13H2,1H3. The van der Waals surface area contributed by atoms with Gasteiger partial charge in [0.05, 0.1) is 22.2 Å². The molecule has 1 unspecified atom stereocenters. The Morgan fingerprint density at radius 1 is 0.667 bits per heavy atom. The van der Waals surface area contributed by atoms with Gasteiger partial charge < -0.3 is 30.7 Å². The molecule has 1 atom stereocenters. The Kier molecular flexibility index (Phi) is 15.2. The van der Waals surface area contributed by atoms with Crippen LogP contribution >= 0.6 is 0 Å². The van der Waals surface area contributed by atoms with E-state index in [9.17, 15) is 27.8 Å². The van der Waals surface area contributed by atoms with E-state index in [4.69, 9.17) is 11.0 Å². The van der Waals surface area contributed by atoms with Gasteiger partial charge in [-0.1, -0.05) is 25.7 Å². The van der Waals surface area contributed by atoms with Crippen molar-refractivity contribution in [3.8, 4) is 12.1 Å². The van der Waals surface area contributed by atoms with Crippen molar-refractivity contribution in [3.63, 3.8) is 0 Å². The van der Waals surface area contributed by atoms with Crippen LogP contribution in [0, 0.1) is 34.3 Å². The Hall–Kier alpha value is -6.87. The van der Waals surface area contributed by atoms with Gasteiger partial charge in [-0.25, -0.2) is 23.7 Å². The van der Waals surface area contributed by atoms with Crippen LogP contribution in [0.3, 0.4) is 0 Å². The average molecular weight is 959 g/mol. The van der Waals surface area contributed by atoms with Crippen molar-refractivity contribution in [1.29, 1.82) is 10.5 Å². The number of hydrogen-bond acceptors (Lipinski definition) is 15. The third-order valence-corrected chi connectivity index (χ3v) is 14.0. The summed E-state index contributed by atoms with van der Waals surface area (Å²) in [6.07, 6.45) is 12.4. The molecule has 17 nitrogen and oxygen atoms in total. The van der Waals surface area contributed by atoms with E-state index in [1.165, 1.54) is 36.7 Å². The number of nitrogens with one attached hydrogen (secondary N) is 1. The van der Waals surface area contributed by atoms with E-state index in [1.54, 1.807) is 27.5 Å². The number of hydrogen-bond donors (Lipinski definition) is 2. The van der Waals surface area contributed by atoms with Gasteiger partial charge in [0, 0.05) is 105 Å². The molecule has 0 amide bonds. The van der Waals surface area contributed by atoms with Gasteiger partial charge in [-0.3, -0.25) is 22.9 Å². The summed E-state index contributed by atoms with van der Waals surface area (Å²) in [6.45, 7) is 7.54. The maximum absolute atomic E-state index is 14.9. The smallest absolute Gasteiger partial charge is 0.270 e. The molecule has 2 saturated heterocycles. The number of rotatable bonds is 7. The Bertz CT molecular complexity index is 3070. The monoisotopic (exact) mass is 958 g/mol. The summed E-state index contributed by atoms with van der Waals surface area (Å²) in [5.74, 6) is -0.501. The largest absolute Gasteiger partial charge is 0.396 e. The fourth-order valence-electron chi connectivity index (χ4n) is 9.35. The second kappa shape index (κ2) is 21.6. The summed E-state index contributed by atoms with van der Waals surface area (Å²) < 4.78 is 43.0. The molecule has 2 aliphatic heterocycles. The molecule has 10 rings (SSSR count). The molecule has 3 N–H and O–H groups in total. The van der Waals surface area contributed by atoms with E-state index in [1.807, 2.05) is 24.3 Å². The molecule has 0 radical (unpaired) electrons. The van der Waals surface area contributed by atoms with E-state index < -0.39 is 10.8 Å². The van der Waals surface area contributed by atoms with Gasteiger partial charge in [-0.2, -0.15) is 15.5 Å². The zero-order valence-electron chi connectivity index (χ0n) is 39.1. The highest BCUT2D eigenvalue weighted by atomic mass is 32.2. The SMILES string of the molecule is CN1CCN(c2ccc(N)c(F)c2)CC1.CN1CCN(c2ccc(Nc3ncc4cc(C#N)c(=O)n(C5CCCC5)c4n3)c(F)c2)CC1.CS(=O)c1ncc2cc(C#N)c(=O)n(C3CCCC3)c2n1. The summed E-state index contributed by atoms with van der Waals surface area (Å²) in [5.41, 5.74) is 8.20. The van der Waals surface area contributed by atoms with Crippen LogP contribution in [0.15, 0.2) is 75.7 Å². The molecule has 4 aromatic heterocycles. The minimum atomic E-state index is -1.31. The van der Waals surface area contributed by atoms with Crippen molar-refractivity contribution in [2.24, 2.45) is 0 Å². The molecule has 69 heavy (non-hydrogen) atoms. The van der Waals surface area contributed by atoms with Crippen LogP contribution in [0.25, 0.3) is 22.1 Å². The predicted octanol–water partition coefficient (Wildman–Crippen LogP) is 6.09. The van der Waals surface area contributed by atoms with Gasteiger partial charge in [-0.15, -0.1) is 0 Å². The number of piperazine rings is 2. The molecule has 6 heterocycles. The molecular formula is C49H56F2N14O3S. The highest BCUT2D eigenvalue weighted by molar-refractivity contribution is 7.84. The van der Waals surface area contributed by atoms with E-state index in [-0.39, 0.29) is 68.4 Å². The van der Waals surface area contributed by atoms with E-state index in [0.29, 0.717) is 22.1 Å². The second-order valence-electron chi connectivity index (χ2n) is 18.0. The van der Waals surface area contributed by atoms with E-state index >= 15 is 0 Å². The van der Waals surface area contributed by atoms with Crippen molar-refractivity contribution in [1.82, 2.24) is 38.9 Å². The number of benzene rings is 2. The van der Waals surface area contributed by atoms with Crippen LogP contribution in [0.5, 0.6) is 0 Å². The molecule has 4 aliphatic rings. The Labute approximate surface area is 401 Å². The first kappa shape index (κ1) is 48.6. The number of aromatic nitrogens is 6. The number of nitrogens with two attached hydrogens (primary N) is 1. The number of likely N-dealkylation sites (N-methyl/N-ethyl adjacent to an activating group) is 2. The van der Waals surface area contributed by atoms with Crippen molar-refractivity contribution in [2.75, 3.05) is 93.6 Å². The first-order valence-electron chi connectivity index (χ1n) is 23.3. The summed E-state index contributed by atoms with van der Waals surface area (Å²) >= 11 is 0. The lowest BCUT2D eigenvalue weighted by molar-refractivity contribution is 0.313. The third kappa shape index (κ3) is 11.0.